The van der Waals surface area contributed by atoms with Crippen molar-refractivity contribution in [2.75, 3.05) is 4.83 Å². The normalized spacial score (nSPS) is 11.3. The maximum Gasteiger partial charge on any atom is 0.275 e. The summed E-state index contributed by atoms with van der Waals surface area (Å²) < 4.78 is 27.2. The molecule has 7 heteroatoms. The molecule has 4 aromatic rings. The van der Waals surface area contributed by atoms with Gasteiger partial charge in [-0.05, 0) is 12.1 Å². The molecule has 0 saturated heterocycles. The van der Waals surface area contributed by atoms with Crippen LogP contribution in [0.5, 0.6) is 0 Å². The lowest BCUT2D eigenvalue weighted by molar-refractivity contribution is 0.595. The van der Waals surface area contributed by atoms with Gasteiger partial charge in [0.25, 0.3) is 10.0 Å². The molecule has 0 fully saturated rings. The Kier molecular flexibility index (Phi) is 4.43. The van der Waals surface area contributed by atoms with Crippen molar-refractivity contribution in [3.63, 3.8) is 0 Å². The van der Waals surface area contributed by atoms with E-state index in [2.05, 4.69) is 15.0 Å². The number of rotatable bonds is 5. The van der Waals surface area contributed by atoms with Gasteiger partial charge in [-0.3, -0.25) is 0 Å². The van der Waals surface area contributed by atoms with Crippen molar-refractivity contribution in [2.45, 2.75) is 4.90 Å². The quantitative estimate of drug-likeness (QED) is 0.578. The molecule has 1 heterocycles. The molecule has 4 rings (SSSR count). The predicted molar refractivity (Wildman–Crippen MR) is 104 cm³/mol. The van der Waals surface area contributed by atoms with Gasteiger partial charge in [-0.2, -0.15) is 8.42 Å². The Hall–Kier alpha value is -3.45. The van der Waals surface area contributed by atoms with Gasteiger partial charge in [-0.15, -0.1) is 10.2 Å². The van der Waals surface area contributed by atoms with Gasteiger partial charge in [0.1, 0.15) is 0 Å². The second-order valence-corrected chi connectivity index (χ2v) is 7.48. The highest BCUT2D eigenvalue weighted by molar-refractivity contribution is 7.92. The summed E-state index contributed by atoms with van der Waals surface area (Å²) in [4.78, 5) is 2.78. The molecule has 1 aromatic heterocycles. The molecule has 0 amide bonds. The van der Waals surface area contributed by atoms with Gasteiger partial charge in [-0.25, -0.2) is 9.51 Å². The minimum atomic E-state index is -3.81. The van der Waals surface area contributed by atoms with E-state index in [-0.39, 0.29) is 4.90 Å². The first-order valence-electron chi connectivity index (χ1n) is 8.29. The van der Waals surface area contributed by atoms with E-state index in [1.165, 1.54) is 16.8 Å². The van der Waals surface area contributed by atoms with Crippen LogP contribution in [0, 0.1) is 0 Å². The summed E-state index contributed by atoms with van der Waals surface area (Å²) >= 11 is 0. The zero-order chi connectivity index (χ0) is 18.7. The summed E-state index contributed by atoms with van der Waals surface area (Å²) in [5.41, 5.74) is 1.51. The van der Waals surface area contributed by atoms with E-state index in [1.807, 2.05) is 60.7 Å². The minimum Gasteiger partial charge on any atom is -0.213 e. The highest BCUT2D eigenvalue weighted by Gasteiger charge is 2.21. The molecule has 3 aromatic carbocycles. The molecule has 134 valence electrons. The van der Waals surface area contributed by atoms with Crippen molar-refractivity contribution in [1.82, 2.24) is 14.9 Å². The summed E-state index contributed by atoms with van der Waals surface area (Å²) in [5.74, 6) is 0.822. The Bertz CT molecular complexity index is 1090. The highest BCUT2D eigenvalue weighted by Crippen LogP contribution is 2.24. The van der Waals surface area contributed by atoms with E-state index in [1.54, 1.807) is 18.2 Å². The smallest absolute Gasteiger partial charge is 0.213 e. The third-order valence-corrected chi connectivity index (χ3v) is 5.31. The van der Waals surface area contributed by atoms with E-state index < -0.39 is 10.0 Å². The third-order valence-electron chi connectivity index (χ3n) is 3.99. The first-order chi connectivity index (χ1) is 13.1. The van der Waals surface area contributed by atoms with Crippen LogP contribution in [0.1, 0.15) is 0 Å². The van der Waals surface area contributed by atoms with E-state index in [9.17, 15) is 8.42 Å². The van der Waals surface area contributed by atoms with Gasteiger partial charge >= 0.3 is 0 Å². The summed E-state index contributed by atoms with van der Waals surface area (Å²) in [6.45, 7) is 0. The monoisotopic (exact) mass is 376 g/mol. The molecule has 0 unspecified atom stereocenters. The van der Waals surface area contributed by atoms with Crippen LogP contribution in [0.15, 0.2) is 95.9 Å². The van der Waals surface area contributed by atoms with E-state index >= 15 is 0 Å². The van der Waals surface area contributed by atoms with Crippen LogP contribution in [-0.4, -0.2) is 23.3 Å². The van der Waals surface area contributed by atoms with Crippen LogP contribution in [0.2, 0.25) is 0 Å². The van der Waals surface area contributed by atoms with Crippen molar-refractivity contribution in [3.8, 4) is 22.8 Å². The van der Waals surface area contributed by atoms with E-state index in [0.717, 1.165) is 11.1 Å². The number of hydrogen-bond donors (Lipinski definition) is 1. The van der Waals surface area contributed by atoms with Crippen molar-refractivity contribution < 1.29 is 8.42 Å². The average Bonchev–Trinajstić information content (AvgIpc) is 3.13. The third kappa shape index (κ3) is 3.45. The first kappa shape index (κ1) is 17.0. The molecule has 6 nitrogen and oxygen atoms in total. The molecule has 0 aliphatic carbocycles. The molecule has 1 N–H and O–H groups in total. The van der Waals surface area contributed by atoms with Gasteiger partial charge in [0, 0.05) is 11.1 Å². The van der Waals surface area contributed by atoms with Crippen LogP contribution < -0.4 is 4.83 Å². The standard InChI is InChI=1S/C20H16N4O2S/c25-27(26,18-14-8-3-9-15-18)23-24-19(16-10-4-1-5-11-16)21-22-20(24)17-12-6-2-7-13-17/h1-15,23H. The van der Waals surface area contributed by atoms with Gasteiger partial charge in [0.2, 0.25) is 0 Å². The first-order valence-corrected chi connectivity index (χ1v) is 9.77. The Labute approximate surface area is 157 Å². The van der Waals surface area contributed by atoms with Crippen LogP contribution in [0.3, 0.4) is 0 Å². The van der Waals surface area contributed by atoms with Crippen molar-refractivity contribution in [3.05, 3.63) is 91.0 Å². The van der Waals surface area contributed by atoms with Crippen LogP contribution in [0.4, 0.5) is 0 Å². The largest absolute Gasteiger partial charge is 0.275 e. The minimum absolute atomic E-state index is 0.164. The van der Waals surface area contributed by atoms with Gasteiger partial charge < -0.3 is 0 Å². The van der Waals surface area contributed by atoms with Crippen LogP contribution in [0.25, 0.3) is 22.8 Å². The molecule has 0 bridgehead atoms. The predicted octanol–water partition coefficient (Wildman–Crippen LogP) is 3.54. The maximum absolute atomic E-state index is 12.9. The summed E-state index contributed by atoms with van der Waals surface area (Å²) in [6.07, 6.45) is 0. The molecule has 0 atom stereocenters. The topological polar surface area (TPSA) is 76.9 Å². The molecule has 0 aliphatic rings. The molecular weight excluding hydrogens is 360 g/mol. The second kappa shape index (κ2) is 7.05. The number of nitrogens with one attached hydrogen (secondary N) is 1. The molecule has 0 aliphatic heterocycles. The van der Waals surface area contributed by atoms with Crippen molar-refractivity contribution in [2.24, 2.45) is 0 Å². The number of aromatic nitrogens is 3. The lowest BCUT2D eigenvalue weighted by atomic mass is 10.2. The molecule has 0 radical (unpaired) electrons. The van der Waals surface area contributed by atoms with E-state index in [0.29, 0.717) is 11.6 Å². The Morgan fingerprint density at radius 1 is 0.630 bits per heavy atom. The molecule has 27 heavy (non-hydrogen) atoms. The van der Waals surface area contributed by atoms with Crippen LogP contribution in [-0.2, 0) is 10.0 Å². The Balaban J connectivity index is 1.86. The fourth-order valence-corrected chi connectivity index (χ4v) is 3.73. The highest BCUT2D eigenvalue weighted by atomic mass is 32.2. The van der Waals surface area contributed by atoms with Gasteiger partial charge in [-0.1, -0.05) is 78.9 Å². The summed E-state index contributed by atoms with van der Waals surface area (Å²) in [6, 6.07) is 26.8. The zero-order valence-electron chi connectivity index (χ0n) is 14.2. The lowest BCUT2D eigenvalue weighted by Crippen LogP contribution is -2.24. The summed E-state index contributed by atoms with van der Waals surface area (Å²) in [5, 5.41) is 8.45. The Morgan fingerprint density at radius 3 is 1.48 bits per heavy atom. The van der Waals surface area contributed by atoms with Crippen LogP contribution >= 0.6 is 0 Å². The van der Waals surface area contributed by atoms with Crippen molar-refractivity contribution >= 4 is 10.0 Å². The summed E-state index contributed by atoms with van der Waals surface area (Å²) in [7, 11) is -3.81. The fourth-order valence-electron chi connectivity index (χ4n) is 2.69. The molecule has 0 saturated carbocycles. The van der Waals surface area contributed by atoms with Gasteiger partial charge in [0.15, 0.2) is 11.6 Å². The van der Waals surface area contributed by atoms with Crippen molar-refractivity contribution in [1.29, 1.82) is 0 Å². The zero-order valence-corrected chi connectivity index (χ0v) is 15.0. The average molecular weight is 376 g/mol. The van der Waals surface area contributed by atoms with E-state index in [4.69, 9.17) is 0 Å². The number of nitrogens with zero attached hydrogens (tertiary/aromatic N) is 3. The fraction of sp³-hybridized carbons (Fsp3) is 0. The lowest BCUT2D eigenvalue weighted by Gasteiger charge is -2.13. The molecule has 0 spiro atoms. The number of benzene rings is 3. The second-order valence-electron chi connectivity index (χ2n) is 5.82. The number of sulfonamides is 1. The maximum atomic E-state index is 12.9. The number of hydrogen-bond acceptors (Lipinski definition) is 4. The SMILES string of the molecule is O=S(=O)(Nn1c(-c2ccccc2)nnc1-c1ccccc1)c1ccccc1. The van der Waals surface area contributed by atoms with Gasteiger partial charge in [0.05, 0.1) is 4.90 Å². The Morgan fingerprint density at radius 2 is 1.04 bits per heavy atom. The molecular formula is C20H16N4O2S.